The standard InChI is InChI=1S/C8H13N3O/c9-3-6-1-2-8(12-6)7-4-10-5-11-7/h4-6,8H,1-3,9H2,(H,10,11)/t6-,8+/m1/s1. The molecule has 12 heavy (non-hydrogen) atoms. The SMILES string of the molecule is NC[C@H]1CC[C@@H](c2cnc[nH]2)O1. The van der Waals surface area contributed by atoms with Crippen LogP contribution in [0.25, 0.3) is 0 Å². The zero-order valence-corrected chi connectivity index (χ0v) is 6.86. The Hall–Kier alpha value is -0.870. The maximum absolute atomic E-state index is 5.66. The molecule has 2 rings (SSSR count). The van der Waals surface area contributed by atoms with E-state index < -0.39 is 0 Å². The molecule has 2 heterocycles. The summed E-state index contributed by atoms with van der Waals surface area (Å²) in [6.07, 6.45) is 6.00. The number of aromatic amines is 1. The van der Waals surface area contributed by atoms with Crippen molar-refractivity contribution in [1.82, 2.24) is 9.97 Å². The molecule has 0 saturated carbocycles. The van der Waals surface area contributed by atoms with Gasteiger partial charge in [-0.05, 0) is 12.8 Å². The summed E-state index contributed by atoms with van der Waals surface area (Å²) < 4.78 is 5.66. The minimum atomic E-state index is 0.182. The lowest BCUT2D eigenvalue weighted by Crippen LogP contribution is -2.18. The molecule has 0 aliphatic carbocycles. The third kappa shape index (κ3) is 1.35. The van der Waals surface area contributed by atoms with Crippen molar-refractivity contribution in [2.45, 2.75) is 25.0 Å². The predicted molar refractivity (Wildman–Crippen MR) is 44.5 cm³/mol. The van der Waals surface area contributed by atoms with Gasteiger partial charge in [0.2, 0.25) is 0 Å². The minimum absolute atomic E-state index is 0.182. The number of nitrogens with zero attached hydrogens (tertiary/aromatic N) is 1. The molecule has 1 fully saturated rings. The Morgan fingerprint density at radius 1 is 1.67 bits per heavy atom. The van der Waals surface area contributed by atoms with E-state index in [9.17, 15) is 0 Å². The third-order valence-electron chi connectivity index (χ3n) is 2.24. The van der Waals surface area contributed by atoms with Crippen LogP contribution < -0.4 is 5.73 Å². The van der Waals surface area contributed by atoms with Crippen molar-refractivity contribution in [3.05, 3.63) is 18.2 Å². The number of nitrogens with one attached hydrogen (secondary N) is 1. The Morgan fingerprint density at radius 2 is 2.58 bits per heavy atom. The first-order chi connectivity index (χ1) is 5.90. The van der Waals surface area contributed by atoms with Crippen LogP contribution in [0.15, 0.2) is 12.5 Å². The van der Waals surface area contributed by atoms with Crippen LogP contribution in [0, 0.1) is 0 Å². The summed E-state index contributed by atoms with van der Waals surface area (Å²) in [5.74, 6) is 0. The largest absolute Gasteiger partial charge is 0.367 e. The topological polar surface area (TPSA) is 63.9 Å². The van der Waals surface area contributed by atoms with Gasteiger partial charge < -0.3 is 15.5 Å². The molecular formula is C8H13N3O. The van der Waals surface area contributed by atoms with Crippen molar-refractivity contribution in [3.8, 4) is 0 Å². The zero-order chi connectivity index (χ0) is 8.39. The van der Waals surface area contributed by atoms with E-state index in [1.165, 1.54) is 0 Å². The van der Waals surface area contributed by atoms with E-state index in [1.807, 2.05) is 6.20 Å². The molecule has 3 N–H and O–H groups in total. The molecule has 0 aromatic carbocycles. The van der Waals surface area contributed by atoms with Gasteiger partial charge in [-0.2, -0.15) is 0 Å². The predicted octanol–water partition coefficient (Wildman–Crippen LogP) is 0.588. The molecular weight excluding hydrogens is 154 g/mol. The van der Waals surface area contributed by atoms with Gasteiger partial charge in [-0.25, -0.2) is 4.98 Å². The van der Waals surface area contributed by atoms with Crippen LogP contribution in [0.3, 0.4) is 0 Å². The van der Waals surface area contributed by atoms with E-state index in [2.05, 4.69) is 9.97 Å². The van der Waals surface area contributed by atoms with Crippen molar-refractivity contribution in [2.75, 3.05) is 6.54 Å². The second-order valence-electron chi connectivity index (χ2n) is 3.07. The van der Waals surface area contributed by atoms with Crippen LogP contribution >= 0.6 is 0 Å². The number of ether oxygens (including phenoxy) is 1. The number of hydrogen-bond donors (Lipinski definition) is 2. The molecule has 1 aromatic heterocycles. The normalized spacial score (nSPS) is 29.4. The average Bonchev–Trinajstić information content (AvgIpc) is 2.75. The maximum atomic E-state index is 5.66. The molecule has 0 bridgehead atoms. The van der Waals surface area contributed by atoms with E-state index in [1.54, 1.807) is 6.33 Å². The van der Waals surface area contributed by atoms with Crippen LogP contribution in [0.1, 0.15) is 24.6 Å². The molecule has 1 aliphatic rings. The molecule has 0 amide bonds. The minimum Gasteiger partial charge on any atom is -0.367 e. The van der Waals surface area contributed by atoms with Gasteiger partial charge >= 0.3 is 0 Å². The highest BCUT2D eigenvalue weighted by atomic mass is 16.5. The molecule has 1 saturated heterocycles. The second kappa shape index (κ2) is 3.25. The highest BCUT2D eigenvalue weighted by Gasteiger charge is 2.25. The molecule has 4 nitrogen and oxygen atoms in total. The van der Waals surface area contributed by atoms with Gasteiger partial charge in [0.1, 0.15) is 0 Å². The number of aromatic nitrogens is 2. The highest BCUT2D eigenvalue weighted by Crippen LogP contribution is 2.30. The van der Waals surface area contributed by atoms with Crippen molar-refractivity contribution in [2.24, 2.45) is 5.73 Å². The van der Waals surface area contributed by atoms with Gasteiger partial charge in [0.15, 0.2) is 0 Å². The summed E-state index contributed by atoms with van der Waals surface area (Å²) in [5.41, 5.74) is 6.56. The molecule has 0 spiro atoms. The molecule has 4 heteroatoms. The second-order valence-corrected chi connectivity index (χ2v) is 3.07. The quantitative estimate of drug-likeness (QED) is 0.677. The van der Waals surface area contributed by atoms with E-state index in [4.69, 9.17) is 10.5 Å². The Balaban J connectivity index is 2.00. The summed E-state index contributed by atoms with van der Waals surface area (Å²) in [4.78, 5) is 7.00. The van der Waals surface area contributed by atoms with E-state index in [-0.39, 0.29) is 12.2 Å². The van der Waals surface area contributed by atoms with E-state index >= 15 is 0 Å². The van der Waals surface area contributed by atoms with Crippen LogP contribution in [0.4, 0.5) is 0 Å². The Bertz CT molecular complexity index is 234. The lowest BCUT2D eigenvalue weighted by Gasteiger charge is -2.09. The molecule has 1 aliphatic heterocycles. The number of H-pyrrole nitrogens is 1. The van der Waals surface area contributed by atoms with Crippen LogP contribution in [-0.2, 0) is 4.74 Å². The van der Waals surface area contributed by atoms with Crippen molar-refractivity contribution in [1.29, 1.82) is 0 Å². The summed E-state index contributed by atoms with van der Waals surface area (Å²) in [6.45, 7) is 0.616. The molecule has 2 atom stereocenters. The van der Waals surface area contributed by atoms with Gasteiger partial charge in [-0.1, -0.05) is 0 Å². The van der Waals surface area contributed by atoms with Crippen molar-refractivity contribution in [3.63, 3.8) is 0 Å². The van der Waals surface area contributed by atoms with Crippen LogP contribution in [-0.4, -0.2) is 22.6 Å². The number of imidazole rings is 1. The first-order valence-electron chi connectivity index (χ1n) is 4.24. The fourth-order valence-corrected chi connectivity index (χ4v) is 1.55. The number of rotatable bonds is 2. The Labute approximate surface area is 71.1 Å². The van der Waals surface area contributed by atoms with Crippen LogP contribution in [0.2, 0.25) is 0 Å². The zero-order valence-electron chi connectivity index (χ0n) is 6.86. The summed E-state index contributed by atoms with van der Waals surface area (Å²) >= 11 is 0. The Morgan fingerprint density at radius 3 is 3.17 bits per heavy atom. The lowest BCUT2D eigenvalue weighted by atomic mass is 10.1. The van der Waals surface area contributed by atoms with Gasteiger partial charge in [0.25, 0.3) is 0 Å². The van der Waals surface area contributed by atoms with Gasteiger partial charge in [-0.3, -0.25) is 0 Å². The smallest absolute Gasteiger partial charge is 0.0993 e. The van der Waals surface area contributed by atoms with Gasteiger partial charge in [-0.15, -0.1) is 0 Å². The monoisotopic (exact) mass is 167 g/mol. The summed E-state index contributed by atoms with van der Waals surface area (Å²) in [5, 5.41) is 0. The summed E-state index contributed by atoms with van der Waals surface area (Å²) in [7, 11) is 0. The average molecular weight is 167 g/mol. The van der Waals surface area contributed by atoms with Crippen molar-refractivity contribution < 1.29 is 4.74 Å². The fourth-order valence-electron chi connectivity index (χ4n) is 1.55. The molecule has 66 valence electrons. The van der Waals surface area contributed by atoms with Gasteiger partial charge in [0.05, 0.1) is 30.4 Å². The van der Waals surface area contributed by atoms with Crippen LogP contribution in [0.5, 0.6) is 0 Å². The molecule has 0 radical (unpaired) electrons. The Kier molecular flexibility index (Phi) is 2.10. The first-order valence-corrected chi connectivity index (χ1v) is 4.24. The number of hydrogen-bond acceptors (Lipinski definition) is 3. The van der Waals surface area contributed by atoms with E-state index in [0.717, 1.165) is 18.5 Å². The highest BCUT2D eigenvalue weighted by molar-refractivity contribution is 5.01. The van der Waals surface area contributed by atoms with E-state index in [0.29, 0.717) is 6.54 Å². The lowest BCUT2D eigenvalue weighted by molar-refractivity contribution is 0.0476. The first kappa shape index (κ1) is 7.76. The van der Waals surface area contributed by atoms with Crippen molar-refractivity contribution >= 4 is 0 Å². The maximum Gasteiger partial charge on any atom is 0.0993 e. The fraction of sp³-hybridized carbons (Fsp3) is 0.625. The molecule has 1 aromatic rings. The molecule has 0 unspecified atom stereocenters. The number of nitrogens with two attached hydrogens (primary N) is 1. The van der Waals surface area contributed by atoms with Gasteiger partial charge in [0, 0.05) is 6.54 Å². The summed E-state index contributed by atoms with van der Waals surface area (Å²) in [6, 6.07) is 0. The third-order valence-corrected chi connectivity index (χ3v) is 2.24.